The summed E-state index contributed by atoms with van der Waals surface area (Å²) in [6.07, 6.45) is 12.7. The fourth-order valence-corrected chi connectivity index (χ4v) is 7.80. The van der Waals surface area contributed by atoms with Gasteiger partial charge >= 0.3 is 5.97 Å². The number of carboxylic acid groups (broad SMARTS) is 1. The van der Waals surface area contributed by atoms with Gasteiger partial charge in [0.1, 0.15) is 6.42 Å². The molecule has 0 radical (unpaired) electrons. The zero-order valence-corrected chi connectivity index (χ0v) is 16.4. The molecule has 0 aromatic carbocycles. The predicted molar refractivity (Wildman–Crippen MR) is 101 cm³/mol. The molecular formula is C22H35NO3. The number of hydrogen-bond donors (Lipinski definition) is 2. The Morgan fingerprint density at radius 1 is 1.00 bits per heavy atom. The van der Waals surface area contributed by atoms with Crippen LogP contribution in [0.5, 0.6) is 0 Å². The molecule has 4 rings (SSSR count). The highest BCUT2D eigenvalue weighted by Gasteiger charge is 2.57. The molecule has 4 heteroatoms. The average molecular weight is 362 g/mol. The van der Waals surface area contributed by atoms with E-state index < -0.39 is 12.4 Å². The van der Waals surface area contributed by atoms with Gasteiger partial charge in [-0.25, -0.2) is 0 Å². The molecule has 0 aliphatic heterocycles. The Balaban J connectivity index is 1.44. The summed E-state index contributed by atoms with van der Waals surface area (Å²) in [7, 11) is 0. The lowest BCUT2D eigenvalue weighted by atomic mass is 9.45. The van der Waals surface area contributed by atoms with Gasteiger partial charge in [0.25, 0.3) is 0 Å². The van der Waals surface area contributed by atoms with Gasteiger partial charge in [-0.3, -0.25) is 9.59 Å². The number of rotatable bonds is 3. The zero-order valence-electron chi connectivity index (χ0n) is 16.4. The van der Waals surface area contributed by atoms with E-state index in [4.69, 9.17) is 5.11 Å². The van der Waals surface area contributed by atoms with Crippen LogP contribution in [0.3, 0.4) is 0 Å². The second kappa shape index (κ2) is 6.53. The largest absolute Gasteiger partial charge is 0.481 e. The predicted octanol–water partition coefficient (Wildman–Crippen LogP) is 4.38. The molecule has 26 heavy (non-hydrogen) atoms. The monoisotopic (exact) mass is 361 g/mol. The van der Waals surface area contributed by atoms with Crippen molar-refractivity contribution in [3.05, 3.63) is 0 Å². The van der Waals surface area contributed by atoms with Crippen molar-refractivity contribution >= 4 is 11.9 Å². The van der Waals surface area contributed by atoms with E-state index in [2.05, 4.69) is 19.2 Å². The maximum atomic E-state index is 11.9. The highest BCUT2D eigenvalue weighted by molar-refractivity contribution is 5.93. The molecule has 2 N–H and O–H groups in total. The van der Waals surface area contributed by atoms with Crippen molar-refractivity contribution in [1.82, 2.24) is 5.32 Å². The second-order valence-corrected chi connectivity index (χ2v) is 10.4. The van der Waals surface area contributed by atoms with Gasteiger partial charge in [0, 0.05) is 6.04 Å². The maximum absolute atomic E-state index is 11.9. The van der Waals surface area contributed by atoms with Gasteiger partial charge < -0.3 is 10.4 Å². The van der Waals surface area contributed by atoms with Crippen LogP contribution in [0.15, 0.2) is 0 Å². The van der Waals surface area contributed by atoms with Crippen molar-refractivity contribution in [3.8, 4) is 0 Å². The molecule has 4 fully saturated rings. The molecule has 4 nitrogen and oxygen atoms in total. The number of amides is 1. The molecule has 7 atom stereocenters. The van der Waals surface area contributed by atoms with Crippen molar-refractivity contribution < 1.29 is 14.7 Å². The van der Waals surface area contributed by atoms with Gasteiger partial charge in [-0.2, -0.15) is 0 Å². The first-order valence-corrected chi connectivity index (χ1v) is 10.8. The summed E-state index contributed by atoms with van der Waals surface area (Å²) < 4.78 is 0. The topological polar surface area (TPSA) is 66.4 Å². The van der Waals surface area contributed by atoms with Crippen molar-refractivity contribution in [1.29, 1.82) is 0 Å². The number of nitrogens with one attached hydrogen (secondary N) is 1. The van der Waals surface area contributed by atoms with E-state index in [1.807, 2.05) is 0 Å². The van der Waals surface area contributed by atoms with Crippen LogP contribution in [0.2, 0.25) is 0 Å². The molecule has 4 aliphatic carbocycles. The van der Waals surface area contributed by atoms with Crippen LogP contribution in [0.4, 0.5) is 0 Å². The van der Waals surface area contributed by atoms with Gasteiger partial charge in [-0.1, -0.05) is 20.3 Å². The fraction of sp³-hybridized carbons (Fsp3) is 0.909. The SMILES string of the molecule is C[C@@]12CCC[C@H]1[C@@H]1CC[C@@H]3C[C@H](NC(=O)CC(=O)O)CC[C@]3(C)[C@H]1CC2. The van der Waals surface area contributed by atoms with Crippen molar-refractivity contribution in [2.24, 2.45) is 34.5 Å². The fourth-order valence-electron chi connectivity index (χ4n) is 7.80. The first-order chi connectivity index (χ1) is 12.3. The smallest absolute Gasteiger partial charge is 0.312 e. The van der Waals surface area contributed by atoms with Crippen molar-refractivity contribution in [2.75, 3.05) is 0 Å². The van der Waals surface area contributed by atoms with E-state index in [-0.39, 0.29) is 11.9 Å². The minimum atomic E-state index is -1.04. The minimum absolute atomic E-state index is 0.178. The van der Waals surface area contributed by atoms with Gasteiger partial charge in [0.05, 0.1) is 0 Å². The third kappa shape index (κ3) is 2.97. The lowest BCUT2D eigenvalue weighted by molar-refractivity contribution is -0.141. The molecular weight excluding hydrogens is 326 g/mol. The number of carbonyl (C=O) groups excluding carboxylic acids is 1. The van der Waals surface area contributed by atoms with E-state index in [1.165, 1.54) is 51.4 Å². The van der Waals surface area contributed by atoms with Crippen LogP contribution in [0.1, 0.15) is 84.5 Å². The second-order valence-electron chi connectivity index (χ2n) is 10.4. The highest BCUT2D eigenvalue weighted by Crippen LogP contribution is 2.66. The third-order valence-corrected chi connectivity index (χ3v) is 9.12. The molecule has 146 valence electrons. The molecule has 0 aromatic heterocycles. The lowest BCUT2D eigenvalue weighted by Gasteiger charge is -2.60. The molecule has 4 saturated carbocycles. The molecule has 0 bridgehead atoms. The average Bonchev–Trinajstić information content (AvgIpc) is 2.96. The Labute approximate surface area is 157 Å². The summed E-state index contributed by atoms with van der Waals surface area (Å²) in [5.41, 5.74) is 1.05. The van der Waals surface area contributed by atoms with E-state index in [9.17, 15) is 9.59 Å². The zero-order chi connectivity index (χ0) is 18.5. The highest BCUT2D eigenvalue weighted by atomic mass is 16.4. The lowest BCUT2D eigenvalue weighted by Crippen LogP contribution is -2.54. The summed E-state index contributed by atoms with van der Waals surface area (Å²) in [5.74, 6) is 2.08. The first kappa shape index (κ1) is 18.3. The van der Waals surface area contributed by atoms with Crippen molar-refractivity contribution in [3.63, 3.8) is 0 Å². The summed E-state index contributed by atoms with van der Waals surface area (Å²) in [6, 6.07) is 0.178. The van der Waals surface area contributed by atoms with E-state index in [1.54, 1.807) is 0 Å². The van der Waals surface area contributed by atoms with Gasteiger partial charge in [-0.05, 0) is 92.3 Å². The normalized spacial score (nSPS) is 47.4. The van der Waals surface area contributed by atoms with Crippen LogP contribution >= 0.6 is 0 Å². The quantitative estimate of drug-likeness (QED) is 0.733. The summed E-state index contributed by atoms with van der Waals surface area (Å²) >= 11 is 0. The number of carbonyl (C=O) groups is 2. The standard InChI is InChI=1S/C22H35NO3/c1-21-9-3-4-17(21)16-6-5-14-12-15(23-19(24)13-20(25)26)7-11-22(14,2)18(16)8-10-21/h14-18H,3-13H2,1-2H3,(H,23,24)(H,25,26)/t14-,15-,16+,17+,18+,21+,22+/m1/s1. The van der Waals surface area contributed by atoms with Crippen molar-refractivity contribution in [2.45, 2.75) is 90.5 Å². The molecule has 0 spiro atoms. The Hall–Kier alpha value is -1.06. The molecule has 0 heterocycles. The number of aliphatic carboxylic acids is 1. The maximum Gasteiger partial charge on any atom is 0.312 e. The Morgan fingerprint density at radius 2 is 1.81 bits per heavy atom. The van der Waals surface area contributed by atoms with E-state index in [0.717, 1.165) is 30.6 Å². The van der Waals surface area contributed by atoms with Gasteiger partial charge in [0.2, 0.25) is 5.91 Å². The molecule has 4 aliphatic rings. The van der Waals surface area contributed by atoms with Crippen LogP contribution < -0.4 is 5.32 Å². The van der Waals surface area contributed by atoms with Crippen LogP contribution in [0, 0.1) is 34.5 Å². The van der Waals surface area contributed by atoms with Gasteiger partial charge in [-0.15, -0.1) is 0 Å². The van der Waals surface area contributed by atoms with Crippen LogP contribution in [0.25, 0.3) is 0 Å². The molecule has 0 unspecified atom stereocenters. The van der Waals surface area contributed by atoms with Crippen LogP contribution in [-0.2, 0) is 9.59 Å². The Bertz CT molecular complexity index is 590. The van der Waals surface area contributed by atoms with E-state index >= 15 is 0 Å². The Kier molecular flexibility index (Phi) is 4.60. The molecule has 0 aromatic rings. The number of carboxylic acids is 1. The summed E-state index contributed by atoms with van der Waals surface area (Å²) in [4.78, 5) is 22.6. The third-order valence-electron chi connectivity index (χ3n) is 9.12. The first-order valence-electron chi connectivity index (χ1n) is 10.8. The molecule has 1 amide bonds. The summed E-state index contributed by atoms with van der Waals surface area (Å²) in [6.45, 7) is 5.10. The van der Waals surface area contributed by atoms with Gasteiger partial charge in [0.15, 0.2) is 0 Å². The van der Waals surface area contributed by atoms with Crippen LogP contribution in [-0.4, -0.2) is 23.0 Å². The number of fused-ring (bicyclic) bond motifs is 5. The molecule has 0 saturated heterocycles. The van der Waals surface area contributed by atoms with E-state index in [0.29, 0.717) is 16.7 Å². The summed E-state index contributed by atoms with van der Waals surface area (Å²) in [5, 5.41) is 11.8. The minimum Gasteiger partial charge on any atom is -0.481 e. The Morgan fingerprint density at radius 3 is 2.58 bits per heavy atom. The number of hydrogen-bond acceptors (Lipinski definition) is 2.